The molecule has 2 aliphatic heterocycles. The summed E-state index contributed by atoms with van der Waals surface area (Å²) in [7, 11) is 0. The molecule has 2 rings (SSSR count). The van der Waals surface area contributed by atoms with Crippen LogP contribution >= 0.6 is 0 Å². The third kappa shape index (κ3) is 20.6. The number of hydrogen-bond acceptors (Lipinski definition) is 4. The maximum absolute atomic E-state index is 3.74. The zero-order valence-electron chi connectivity index (χ0n) is 7.52. The van der Waals surface area contributed by atoms with Crippen molar-refractivity contribution in [3.63, 3.8) is 0 Å². The van der Waals surface area contributed by atoms with Crippen molar-refractivity contribution in [1.82, 2.24) is 0 Å². The SMILES string of the molecule is C1=NC=NC1.C1=NC=NC1.[Cl-].[Cl-].[Cl-].[Cl-].[Ti+4]. The van der Waals surface area contributed by atoms with E-state index in [4.69, 9.17) is 0 Å². The van der Waals surface area contributed by atoms with Crippen LogP contribution in [0.1, 0.15) is 0 Å². The van der Waals surface area contributed by atoms with E-state index in [0.29, 0.717) is 0 Å². The van der Waals surface area contributed by atoms with Gasteiger partial charge < -0.3 is 49.6 Å². The maximum Gasteiger partial charge on any atom is 4.00 e. The second-order valence-electron chi connectivity index (χ2n) is 1.62. The summed E-state index contributed by atoms with van der Waals surface area (Å²) in [6, 6.07) is 0. The predicted molar refractivity (Wildman–Crippen MR) is 43.7 cm³/mol. The van der Waals surface area contributed by atoms with E-state index in [0.717, 1.165) is 13.1 Å². The Balaban J connectivity index is -0.0000000333. The van der Waals surface area contributed by atoms with Crippen molar-refractivity contribution >= 4 is 25.1 Å². The van der Waals surface area contributed by atoms with Gasteiger partial charge in [-0.2, -0.15) is 0 Å². The summed E-state index contributed by atoms with van der Waals surface area (Å²) < 4.78 is 0. The van der Waals surface area contributed by atoms with E-state index in [-0.39, 0.29) is 71.3 Å². The number of hydrogen-bond donors (Lipinski definition) is 0. The van der Waals surface area contributed by atoms with Gasteiger partial charge in [0.2, 0.25) is 0 Å². The average Bonchev–Trinajstić information content (AvgIpc) is 2.67. The van der Waals surface area contributed by atoms with Gasteiger partial charge in [-0.1, -0.05) is 0 Å². The van der Waals surface area contributed by atoms with Gasteiger partial charge in [0.05, 0.1) is 13.1 Å². The van der Waals surface area contributed by atoms with Gasteiger partial charge in [0.25, 0.3) is 0 Å². The van der Waals surface area contributed by atoms with Gasteiger partial charge in [0, 0.05) is 12.4 Å². The fourth-order valence-corrected chi connectivity index (χ4v) is 0.471. The van der Waals surface area contributed by atoms with E-state index >= 15 is 0 Å². The van der Waals surface area contributed by atoms with Crippen molar-refractivity contribution in [1.29, 1.82) is 0 Å². The molecule has 0 aromatic rings. The van der Waals surface area contributed by atoms with E-state index in [9.17, 15) is 0 Å². The molecular weight excluding hydrogens is 318 g/mol. The summed E-state index contributed by atoms with van der Waals surface area (Å²) in [6.07, 6.45) is 6.64. The monoisotopic (exact) mass is 324 g/mol. The van der Waals surface area contributed by atoms with Gasteiger partial charge in [-0.25, -0.2) is 9.98 Å². The van der Waals surface area contributed by atoms with Gasteiger partial charge in [0.1, 0.15) is 12.7 Å². The van der Waals surface area contributed by atoms with E-state index in [1.165, 1.54) is 0 Å². The number of rotatable bonds is 0. The number of aliphatic imine (C=N–C) groups is 4. The normalized spacial score (nSPS) is 11.7. The molecule has 0 aliphatic carbocycles. The molecule has 0 spiro atoms. The predicted octanol–water partition coefficient (Wildman–Crippen LogP) is -11.8. The minimum atomic E-state index is 0. The van der Waals surface area contributed by atoms with E-state index in [1.54, 1.807) is 25.1 Å². The Morgan fingerprint density at radius 1 is 0.667 bits per heavy atom. The van der Waals surface area contributed by atoms with Gasteiger partial charge in [-0.3, -0.25) is 9.98 Å². The van der Waals surface area contributed by atoms with Crippen LogP contribution in [0.3, 0.4) is 0 Å². The molecule has 84 valence electrons. The van der Waals surface area contributed by atoms with Gasteiger partial charge >= 0.3 is 21.7 Å². The Hall–Kier alpha value is 0.554. The van der Waals surface area contributed by atoms with Gasteiger partial charge in [-0.05, 0) is 0 Å². The third-order valence-corrected chi connectivity index (χ3v) is 0.882. The van der Waals surface area contributed by atoms with Gasteiger partial charge in [-0.15, -0.1) is 0 Å². The molecule has 0 amide bonds. The summed E-state index contributed by atoms with van der Waals surface area (Å²) >= 11 is 0. The molecule has 2 heterocycles. The van der Waals surface area contributed by atoms with Crippen LogP contribution in [0.2, 0.25) is 0 Å². The second-order valence-corrected chi connectivity index (χ2v) is 1.62. The van der Waals surface area contributed by atoms with Crippen LogP contribution in [-0.4, -0.2) is 38.2 Å². The van der Waals surface area contributed by atoms with Crippen molar-refractivity contribution in [3.8, 4) is 0 Å². The van der Waals surface area contributed by atoms with E-state index in [1.807, 2.05) is 0 Å². The molecular formula is C6H8Cl4N4Ti. The first-order valence-corrected chi connectivity index (χ1v) is 3.00. The Labute approximate surface area is 129 Å². The second kappa shape index (κ2) is 24.0. The van der Waals surface area contributed by atoms with Crippen molar-refractivity contribution in [2.24, 2.45) is 20.0 Å². The topological polar surface area (TPSA) is 49.4 Å². The summed E-state index contributed by atoms with van der Waals surface area (Å²) in [6.45, 7) is 1.56. The fourth-order valence-electron chi connectivity index (χ4n) is 0.471. The van der Waals surface area contributed by atoms with Crippen molar-refractivity contribution in [2.75, 3.05) is 13.1 Å². The zero-order chi connectivity index (χ0) is 7.07. The summed E-state index contributed by atoms with van der Waals surface area (Å²) in [5, 5.41) is 0. The Kier molecular flexibility index (Phi) is 47.3. The minimum absolute atomic E-state index is 0. The standard InChI is InChI=1S/2C3H4N2.4ClH.Ti/c2*1-2-5-3-4-1;;;;;/h2*1,3H,2H2;4*1H;/q;;;;;;+4/p-4. The van der Waals surface area contributed by atoms with Crippen LogP contribution in [0.15, 0.2) is 20.0 Å². The van der Waals surface area contributed by atoms with Crippen LogP contribution in [-0.2, 0) is 21.7 Å². The first kappa shape index (κ1) is 29.6. The molecule has 0 radical (unpaired) electrons. The van der Waals surface area contributed by atoms with Crippen LogP contribution in [0.5, 0.6) is 0 Å². The smallest absolute Gasteiger partial charge is 1.00 e. The molecule has 0 saturated carbocycles. The van der Waals surface area contributed by atoms with Crippen LogP contribution in [0, 0.1) is 0 Å². The molecule has 2 aliphatic rings. The first-order chi connectivity index (χ1) is 5.00. The van der Waals surface area contributed by atoms with Crippen LogP contribution < -0.4 is 49.6 Å². The number of halogens is 4. The molecule has 0 aromatic carbocycles. The summed E-state index contributed by atoms with van der Waals surface area (Å²) in [5.74, 6) is 0. The van der Waals surface area contributed by atoms with Crippen molar-refractivity contribution in [3.05, 3.63) is 0 Å². The molecule has 0 atom stereocenters. The van der Waals surface area contributed by atoms with E-state index in [2.05, 4.69) is 20.0 Å². The molecule has 0 aromatic heterocycles. The molecule has 15 heavy (non-hydrogen) atoms. The maximum atomic E-state index is 3.74. The molecule has 0 fully saturated rings. The van der Waals surface area contributed by atoms with Crippen molar-refractivity contribution < 1.29 is 71.3 Å². The van der Waals surface area contributed by atoms with E-state index < -0.39 is 0 Å². The Bertz CT molecular complexity index is 165. The first-order valence-electron chi connectivity index (χ1n) is 3.00. The zero-order valence-corrected chi connectivity index (χ0v) is 12.1. The molecule has 9 heteroatoms. The largest absolute Gasteiger partial charge is 4.00 e. The molecule has 0 unspecified atom stereocenters. The van der Waals surface area contributed by atoms with Crippen LogP contribution in [0.25, 0.3) is 0 Å². The average molecular weight is 326 g/mol. The van der Waals surface area contributed by atoms with Gasteiger partial charge in [0.15, 0.2) is 0 Å². The molecule has 0 N–H and O–H groups in total. The minimum Gasteiger partial charge on any atom is -1.00 e. The quantitative estimate of drug-likeness (QED) is 0.397. The van der Waals surface area contributed by atoms with Crippen LogP contribution in [0.4, 0.5) is 0 Å². The Morgan fingerprint density at radius 2 is 1.00 bits per heavy atom. The summed E-state index contributed by atoms with van der Waals surface area (Å²) in [4.78, 5) is 14.8. The molecule has 4 nitrogen and oxygen atoms in total. The Morgan fingerprint density at radius 3 is 1.07 bits per heavy atom. The fraction of sp³-hybridized carbons (Fsp3) is 0.333. The summed E-state index contributed by atoms with van der Waals surface area (Å²) in [5.41, 5.74) is 0. The molecule has 0 bridgehead atoms. The van der Waals surface area contributed by atoms with Crippen molar-refractivity contribution in [2.45, 2.75) is 0 Å². The third-order valence-electron chi connectivity index (χ3n) is 0.882. The number of nitrogens with zero attached hydrogens (tertiary/aromatic N) is 4. The molecule has 0 saturated heterocycles.